The molecule has 0 bridgehead atoms. The smallest absolute Gasteiger partial charge is 0.307 e. The maximum absolute atomic E-state index is 11.5. The molecule has 0 radical (unpaired) electrons. The zero-order valence-corrected chi connectivity index (χ0v) is 12.8. The van der Waals surface area contributed by atoms with E-state index in [0.717, 1.165) is 49.1 Å². The third-order valence-electron chi connectivity index (χ3n) is 4.47. The Labute approximate surface area is 128 Å². The molecule has 0 amide bonds. The molecular formula is C16H19ClN2O2. The van der Waals surface area contributed by atoms with E-state index < -0.39 is 5.97 Å². The van der Waals surface area contributed by atoms with Gasteiger partial charge >= 0.3 is 5.97 Å². The summed E-state index contributed by atoms with van der Waals surface area (Å²) in [5.41, 5.74) is 1.89. The van der Waals surface area contributed by atoms with E-state index in [2.05, 4.69) is 11.5 Å². The second kappa shape index (κ2) is 5.68. The number of nitrogens with zero attached hydrogens (tertiary/aromatic N) is 2. The summed E-state index contributed by atoms with van der Waals surface area (Å²) in [6.45, 7) is 2.83. The van der Waals surface area contributed by atoms with Gasteiger partial charge in [-0.2, -0.15) is 0 Å². The molecule has 2 unspecified atom stereocenters. The Kier molecular flexibility index (Phi) is 3.89. The number of hydrogen-bond donors (Lipinski definition) is 1. The summed E-state index contributed by atoms with van der Waals surface area (Å²) in [5.74, 6) is -0.118. The monoisotopic (exact) mass is 306 g/mol. The van der Waals surface area contributed by atoms with Gasteiger partial charge in [-0.15, -0.1) is 0 Å². The van der Waals surface area contributed by atoms with Crippen molar-refractivity contribution >= 4 is 28.6 Å². The SMILES string of the molecule is CCn1c(C2CCCCC2C(=O)O)nc2ccc(Cl)cc21. The summed E-state index contributed by atoms with van der Waals surface area (Å²) in [4.78, 5) is 16.3. The number of carboxylic acids is 1. The molecule has 0 saturated heterocycles. The molecule has 0 spiro atoms. The van der Waals surface area contributed by atoms with E-state index in [1.54, 1.807) is 0 Å². The van der Waals surface area contributed by atoms with Gasteiger partial charge < -0.3 is 9.67 Å². The fraction of sp³-hybridized carbons (Fsp3) is 0.500. The molecule has 5 heteroatoms. The summed E-state index contributed by atoms with van der Waals surface area (Å²) in [5, 5.41) is 10.2. The van der Waals surface area contributed by atoms with Crippen molar-refractivity contribution in [2.24, 2.45) is 5.92 Å². The molecule has 1 aliphatic carbocycles. The minimum absolute atomic E-state index is 0.00220. The van der Waals surface area contributed by atoms with E-state index in [0.29, 0.717) is 5.02 Å². The highest BCUT2D eigenvalue weighted by molar-refractivity contribution is 6.31. The third-order valence-corrected chi connectivity index (χ3v) is 4.71. The molecule has 1 heterocycles. The van der Waals surface area contributed by atoms with Crippen molar-refractivity contribution in [3.63, 3.8) is 0 Å². The van der Waals surface area contributed by atoms with Crippen LogP contribution in [-0.2, 0) is 11.3 Å². The van der Waals surface area contributed by atoms with Crippen molar-refractivity contribution < 1.29 is 9.90 Å². The highest BCUT2D eigenvalue weighted by Crippen LogP contribution is 2.39. The maximum atomic E-state index is 11.5. The summed E-state index contributed by atoms with van der Waals surface area (Å²) >= 11 is 6.09. The number of carboxylic acid groups (broad SMARTS) is 1. The van der Waals surface area contributed by atoms with Crippen molar-refractivity contribution in [1.29, 1.82) is 0 Å². The number of rotatable bonds is 3. The van der Waals surface area contributed by atoms with Crippen LogP contribution in [0.25, 0.3) is 11.0 Å². The van der Waals surface area contributed by atoms with E-state index >= 15 is 0 Å². The van der Waals surface area contributed by atoms with Gasteiger partial charge in [0.1, 0.15) is 5.82 Å². The first-order valence-electron chi connectivity index (χ1n) is 7.50. The largest absolute Gasteiger partial charge is 0.481 e. The molecule has 2 aromatic rings. The topological polar surface area (TPSA) is 55.1 Å². The van der Waals surface area contributed by atoms with Crippen LogP contribution in [0, 0.1) is 5.92 Å². The van der Waals surface area contributed by atoms with Gasteiger partial charge in [0.05, 0.1) is 17.0 Å². The highest BCUT2D eigenvalue weighted by Gasteiger charge is 2.35. The van der Waals surface area contributed by atoms with Crippen LogP contribution in [0.4, 0.5) is 0 Å². The van der Waals surface area contributed by atoms with Gasteiger partial charge in [0.2, 0.25) is 0 Å². The normalized spacial score (nSPS) is 22.6. The van der Waals surface area contributed by atoms with Crippen molar-refractivity contribution in [2.45, 2.75) is 45.1 Å². The molecular weight excluding hydrogens is 288 g/mol. The van der Waals surface area contributed by atoms with Crippen molar-refractivity contribution in [3.8, 4) is 0 Å². The first kappa shape index (κ1) is 14.4. The van der Waals surface area contributed by atoms with Crippen molar-refractivity contribution in [1.82, 2.24) is 9.55 Å². The number of aryl methyl sites for hydroxylation is 1. The van der Waals surface area contributed by atoms with Crippen LogP contribution in [0.2, 0.25) is 5.02 Å². The Morgan fingerprint density at radius 2 is 2.19 bits per heavy atom. The van der Waals surface area contributed by atoms with Crippen LogP contribution in [0.3, 0.4) is 0 Å². The molecule has 1 N–H and O–H groups in total. The molecule has 1 aliphatic rings. The van der Waals surface area contributed by atoms with Crippen molar-refractivity contribution in [2.75, 3.05) is 0 Å². The average molecular weight is 307 g/mol. The molecule has 1 saturated carbocycles. The second-order valence-corrected chi connectivity index (χ2v) is 6.12. The number of imidazole rings is 1. The lowest BCUT2D eigenvalue weighted by Gasteiger charge is -2.28. The van der Waals surface area contributed by atoms with E-state index in [4.69, 9.17) is 16.6 Å². The highest BCUT2D eigenvalue weighted by atomic mass is 35.5. The number of aromatic nitrogens is 2. The molecule has 1 aromatic carbocycles. The van der Waals surface area contributed by atoms with Gasteiger partial charge in [0.15, 0.2) is 0 Å². The van der Waals surface area contributed by atoms with Gasteiger partial charge in [-0.05, 0) is 38.0 Å². The average Bonchev–Trinajstić information content (AvgIpc) is 2.84. The van der Waals surface area contributed by atoms with E-state index in [9.17, 15) is 9.90 Å². The Balaban J connectivity index is 2.12. The van der Waals surface area contributed by atoms with Gasteiger partial charge in [-0.25, -0.2) is 4.98 Å². The third kappa shape index (κ3) is 2.53. The van der Waals surface area contributed by atoms with Gasteiger partial charge in [-0.1, -0.05) is 24.4 Å². The fourth-order valence-corrected chi connectivity index (χ4v) is 3.63. The quantitative estimate of drug-likeness (QED) is 0.930. The zero-order valence-electron chi connectivity index (χ0n) is 12.1. The summed E-state index contributed by atoms with van der Waals surface area (Å²) in [6, 6.07) is 5.65. The van der Waals surface area contributed by atoms with Crippen LogP contribution in [0.1, 0.15) is 44.3 Å². The molecule has 1 fully saturated rings. The lowest BCUT2D eigenvalue weighted by molar-refractivity contribution is -0.143. The second-order valence-electron chi connectivity index (χ2n) is 5.68. The predicted molar refractivity (Wildman–Crippen MR) is 82.8 cm³/mol. The Bertz CT molecular complexity index is 680. The van der Waals surface area contributed by atoms with E-state index in [-0.39, 0.29) is 11.8 Å². The Hall–Kier alpha value is -1.55. The number of hydrogen-bond acceptors (Lipinski definition) is 2. The van der Waals surface area contributed by atoms with Crippen molar-refractivity contribution in [3.05, 3.63) is 29.0 Å². The fourth-order valence-electron chi connectivity index (χ4n) is 3.47. The van der Waals surface area contributed by atoms with Gasteiger partial charge in [0, 0.05) is 17.5 Å². The lowest BCUT2D eigenvalue weighted by atomic mass is 9.78. The van der Waals surface area contributed by atoms with Crippen LogP contribution in [0.5, 0.6) is 0 Å². The Morgan fingerprint density at radius 1 is 1.43 bits per heavy atom. The van der Waals surface area contributed by atoms with Gasteiger partial charge in [0.25, 0.3) is 0 Å². The Morgan fingerprint density at radius 3 is 2.90 bits per heavy atom. The minimum Gasteiger partial charge on any atom is -0.481 e. The van der Waals surface area contributed by atoms with E-state index in [1.807, 2.05) is 18.2 Å². The number of carbonyl (C=O) groups is 1. The first-order valence-corrected chi connectivity index (χ1v) is 7.88. The number of benzene rings is 1. The molecule has 2 atom stereocenters. The standard InChI is InChI=1S/C16H19ClN2O2/c1-2-19-14-9-10(17)7-8-13(14)18-15(19)11-5-3-4-6-12(11)16(20)21/h7-9,11-12H,2-6H2,1H3,(H,20,21). The zero-order chi connectivity index (χ0) is 15.0. The molecule has 1 aromatic heterocycles. The van der Waals surface area contributed by atoms with Crippen LogP contribution in [0.15, 0.2) is 18.2 Å². The van der Waals surface area contributed by atoms with Gasteiger partial charge in [-0.3, -0.25) is 4.79 Å². The summed E-state index contributed by atoms with van der Waals surface area (Å²) in [6.07, 6.45) is 3.70. The maximum Gasteiger partial charge on any atom is 0.307 e. The van der Waals surface area contributed by atoms with Crippen LogP contribution in [-0.4, -0.2) is 20.6 Å². The minimum atomic E-state index is -0.701. The number of aliphatic carboxylic acids is 1. The molecule has 112 valence electrons. The molecule has 21 heavy (non-hydrogen) atoms. The van der Waals surface area contributed by atoms with Crippen LogP contribution >= 0.6 is 11.6 Å². The number of fused-ring (bicyclic) bond motifs is 1. The summed E-state index contributed by atoms with van der Waals surface area (Å²) in [7, 11) is 0. The molecule has 3 rings (SSSR count). The van der Waals surface area contributed by atoms with E-state index in [1.165, 1.54) is 0 Å². The summed E-state index contributed by atoms with van der Waals surface area (Å²) < 4.78 is 2.12. The first-order chi connectivity index (χ1) is 10.1. The molecule has 0 aliphatic heterocycles. The lowest BCUT2D eigenvalue weighted by Crippen LogP contribution is -2.27. The number of halogens is 1. The predicted octanol–water partition coefficient (Wildman–Crippen LogP) is 4.07. The van der Waals surface area contributed by atoms with Crippen LogP contribution < -0.4 is 0 Å². The molecule has 4 nitrogen and oxygen atoms in total.